The molecule has 0 bridgehead atoms. The molecule has 0 saturated carbocycles. The van der Waals surface area contributed by atoms with Gasteiger partial charge in [-0.05, 0) is 37.9 Å². The van der Waals surface area contributed by atoms with Crippen LogP contribution in [0.1, 0.15) is 12.0 Å². The summed E-state index contributed by atoms with van der Waals surface area (Å²) in [5, 5.41) is 21.7. The fourth-order valence-electron chi connectivity index (χ4n) is 1.15. The van der Waals surface area contributed by atoms with E-state index in [1.165, 1.54) is 13.3 Å². The molecule has 0 aliphatic rings. The van der Waals surface area contributed by atoms with Crippen LogP contribution in [0.5, 0.6) is 11.5 Å². The zero-order valence-corrected chi connectivity index (χ0v) is 12.9. The highest BCUT2D eigenvalue weighted by atomic mass is 79.9. The van der Waals surface area contributed by atoms with Crippen molar-refractivity contribution in [3.63, 3.8) is 0 Å². The normalized spacial score (nSPS) is 10.2. The molecule has 0 spiro atoms. The SMILES string of the molecule is COc1cc(C=NNC(=O)CC#N)c(Br)c(Br)c1O. The van der Waals surface area contributed by atoms with Crippen LogP contribution >= 0.6 is 31.9 Å². The van der Waals surface area contributed by atoms with E-state index in [4.69, 9.17) is 10.00 Å². The van der Waals surface area contributed by atoms with Crippen molar-refractivity contribution >= 4 is 44.0 Å². The molecule has 1 rings (SSSR count). The molecule has 0 radical (unpaired) electrons. The van der Waals surface area contributed by atoms with Gasteiger partial charge in [0.15, 0.2) is 11.5 Å². The largest absolute Gasteiger partial charge is 0.503 e. The second kappa shape index (κ2) is 7.11. The van der Waals surface area contributed by atoms with Crippen LogP contribution in [0.4, 0.5) is 0 Å². The summed E-state index contributed by atoms with van der Waals surface area (Å²) in [6, 6.07) is 3.25. The maximum atomic E-state index is 11.0. The lowest BCUT2D eigenvalue weighted by atomic mass is 10.2. The van der Waals surface area contributed by atoms with Crippen LogP contribution in [0.15, 0.2) is 20.1 Å². The number of phenolic OH excluding ortho intramolecular Hbond substituents is 1. The molecule has 0 aromatic heterocycles. The number of benzene rings is 1. The molecule has 1 aromatic rings. The summed E-state index contributed by atoms with van der Waals surface area (Å²) in [6.45, 7) is 0. The van der Waals surface area contributed by atoms with Gasteiger partial charge in [0, 0.05) is 10.0 Å². The van der Waals surface area contributed by atoms with Crippen LogP contribution in [0.3, 0.4) is 0 Å². The summed E-state index contributed by atoms with van der Waals surface area (Å²) < 4.78 is 5.97. The number of amides is 1. The molecule has 6 nitrogen and oxygen atoms in total. The quantitative estimate of drug-likeness (QED) is 0.609. The highest BCUT2D eigenvalue weighted by molar-refractivity contribution is 9.13. The number of nitrogens with zero attached hydrogens (tertiary/aromatic N) is 2. The van der Waals surface area contributed by atoms with Crippen molar-refractivity contribution in [2.45, 2.75) is 6.42 Å². The van der Waals surface area contributed by atoms with Gasteiger partial charge in [0.1, 0.15) is 6.42 Å². The van der Waals surface area contributed by atoms with Crippen molar-refractivity contribution in [3.8, 4) is 17.6 Å². The Bertz CT molecular complexity index is 567. The number of hydrogen-bond acceptors (Lipinski definition) is 5. The third kappa shape index (κ3) is 3.94. The Balaban J connectivity index is 2.96. The molecule has 0 heterocycles. The van der Waals surface area contributed by atoms with Crippen LogP contribution in [0, 0.1) is 11.3 Å². The zero-order chi connectivity index (χ0) is 14.4. The minimum absolute atomic E-state index is 0.0416. The summed E-state index contributed by atoms with van der Waals surface area (Å²) in [6.07, 6.45) is 1.10. The average molecular weight is 391 g/mol. The molecule has 0 fully saturated rings. The first-order valence-corrected chi connectivity index (χ1v) is 6.53. The lowest BCUT2D eigenvalue weighted by molar-refractivity contribution is -0.120. The average Bonchev–Trinajstić information content (AvgIpc) is 2.39. The molecule has 2 N–H and O–H groups in total. The van der Waals surface area contributed by atoms with E-state index in [0.717, 1.165) is 0 Å². The number of ether oxygens (including phenoxy) is 1. The van der Waals surface area contributed by atoms with E-state index in [-0.39, 0.29) is 17.9 Å². The Morgan fingerprint density at radius 3 is 2.89 bits per heavy atom. The maximum Gasteiger partial charge on any atom is 0.254 e. The molecular weight excluding hydrogens is 382 g/mol. The van der Waals surface area contributed by atoms with E-state index in [2.05, 4.69) is 42.4 Å². The smallest absolute Gasteiger partial charge is 0.254 e. The lowest BCUT2D eigenvalue weighted by Crippen LogP contribution is -2.16. The van der Waals surface area contributed by atoms with Crippen molar-refractivity contribution in [1.29, 1.82) is 5.26 Å². The molecule has 0 aliphatic carbocycles. The number of rotatable bonds is 4. The third-order valence-electron chi connectivity index (χ3n) is 2.03. The third-order valence-corrected chi connectivity index (χ3v) is 4.18. The predicted molar refractivity (Wildman–Crippen MR) is 76.0 cm³/mol. The van der Waals surface area contributed by atoms with Crippen LogP contribution in [0.25, 0.3) is 0 Å². The number of halogens is 2. The van der Waals surface area contributed by atoms with Crippen molar-refractivity contribution < 1.29 is 14.6 Å². The summed E-state index contributed by atoms with van der Waals surface area (Å²) in [7, 11) is 1.42. The number of carbonyl (C=O) groups is 1. The number of phenols is 1. The van der Waals surface area contributed by atoms with Gasteiger partial charge in [0.2, 0.25) is 0 Å². The van der Waals surface area contributed by atoms with Gasteiger partial charge in [-0.15, -0.1) is 0 Å². The van der Waals surface area contributed by atoms with Crippen molar-refractivity contribution in [1.82, 2.24) is 5.43 Å². The number of carbonyl (C=O) groups excluding carboxylic acids is 1. The van der Waals surface area contributed by atoms with Gasteiger partial charge >= 0.3 is 0 Å². The van der Waals surface area contributed by atoms with Crippen molar-refractivity contribution in [3.05, 3.63) is 20.6 Å². The minimum Gasteiger partial charge on any atom is -0.503 e. The first-order chi connectivity index (χ1) is 9.01. The van der Waals surface area contributed by atoms with E-state index in [1.807, 2.05) is 0 Å². The molecule has 1 amide bonds. The van der Waals surface area contributed by atoms with E-state index in [9.17, 15) is 9.90 Å². The van der Waals surface area contributed by atoms with Crippen LogP contribution in [-0.2, 0) is 4.79 Å². The molecule has 0 atom stereocenters. The Kier molecular flexibility index (Phi) is 5.79. The van der Waals surface area contributed by atoms with Gasteiger partial charge in [0.25, 0.3) is 5.91 Å². The summed E-state index contributed by atoms with van der Waals surface area (Å²) in [5.41, 5.74) is 2.78. The Hall–Kier alpha value is -1.59. The predicted octanol–water partition coefficient (Wildman–Crippen LogP) is 2.29. The van der Waals surface area contributed by atoms with E-state index in [0.29, 0.717) is 14.5 Å². The number of nitrogens with one attached hydrogen (secondary N) is 1. The molecule has 1 aromatic carbocycles. The second-order valence-corrected chi connectivity index (χ2v) is 4.86. The van der Waals surface area contributed by atoms with E-state index in [1.54, 1.807) is 12.1 Å². The maximum absolute atomic E-state index is 11.0. The van der Waals surface area contributed by atoms with Gasteiger partial charge in [0.05, 0.1) is 23.9 Å². The molecular formula is C11H9Br2N3O3. The van der Waals surface area contributed by atoms with E-state index >= 15 is 0 Å². The highest BCUT2D eigenvalue weighted by Gasteiger charge is 2.13. The van der Waals surface area contributed by atoms with Crippen LogP contribution < -0.4 is 10.2 Å². The number of nitriles is 1. The van der Waals surface area contributed by atoms with Crippen molar-refractivity contribution in [2.75, 3.05) is 7.11 Å². The van der Waals surface area contributed by atoms with E-state index < -0.39 is 5.91 Å². The molecule has 0 aliphatic heterocycles. The summed E-state index contributed by atoms with van der Waals surface area (Å²) >= 11 is 6.47. The summed E-state index contributed by atoms with van der Waals surface area (Å²) in [5.74, 6) is -0.278. The highest BCUT2D eigenvalue weighted by Crippen LogP contribution is 2.41. The Labute approximate surface area is 126 Å². The van der Waals surface area contributed by atoms with Crippen LogP contribution in [-0.4, -0.2) is 24.3 Å². The molecule has 8 heteroatoms. The molecule has 0 unspecified atom stereocenters. The molecule has 19 heavy (non-hydrogen) atoms. The first-order valence-electron chi connectivity index (χ1n) is 4.95. The fourth-order valence-corrected chi connectivity index (χ4v) is 1.98. The topological polar surface area (TPSA) is 94.7 Å². The van der Waals surface area contributed by atoms with Gasteiger partial charge < -0.3 is 9.84 Å². The van der Waals surface area contributed by atoms with Crippen LogP contribution in [0.2, 0.25) is 0 Å². The Morgan fingerprint density at radius 2 is 2.32 bits per heavy atom. The van der Waals surface area contributed by atoms with Gasteiger partial charge in [-0.25, -0.2) is 5.43 Å². The van der Waals surface area contributed by atoms with Gasteiger partial charge in [-0.2, -0.15) is 10.4 Å². The molecule has 0 saturated heterocycles. The fraction of sp³-hybridized carbons (Fsp3) is 0.182. The zero-order valence-electron chi connectivity index (χ0n) is 9.78. The molecule has 100 valence electrons. The van der Waals surface area contributed by atoms with Gasteiger partial charge in [-0.3, -0.25) is 4.79 Å². The Morgan fingerprint density at radius 1 is 1.63 bits per heavy atom. The van der Waals surface area contributed by atoms with Gasteiger partial charge in [-0.1, -0.05) is 0 Å². The van der Waals surface area contributed by atoms with Crippen molar-refractivity contribution in [2.24, 2.45) is 5.10 Å². The monoisotopic (exact) mass is 389 g/mol. The summed E-state index contributed by atoms with van der Waals surface area (Å²) in [4.78, 5) is 11.0. The first kappa shape index (κ1) is 15.5. The second-order valence-electron chi connectivity index (χ2n) is 3.27. The minimum atomic E-state index is -0.500. The number of hydrazone groups is 1. The number of aromatic hydroxyl groups is 1. The standard InChI is InChI=1S/C11H9Br2N3O3/c1-19-7-4-6(9(12)10(13)11(7)18)5-15-16-8(17)2-3-14/h4-5,18H,2H2,1H3,(H,16,17). The number of methoxy groups -OCH3 is 1. The lowest BCUT2D eigenvalue weighted by Gasteiger charge is -2.09. The number of hydrogen-bond donors (Lipinski definition) is 2.